The van der Waals surface area contributed by atoms with E-state index < -0.39 is 11.6 Å². The number of halogens is 2. The van der Waals surface area contributed by atoms with Crippen molar-refractivity contribution in [3.8, 4) is 11.3 Å². The molecular formula is C25H33F2N3. The van der Waals surface area contributed by atoms with Gasteiger partial charge in [-0.05, 0) is 105 Å². The zero-order chi connectivity index (χ0) is 21.4. The Hall–Kier alpha value is -1.88. The molecule has 4 rings (SSSR count). The molecule has 1 saturated heterocycles. The Balaban J connectivity index is 1.25. The second kappa shape index (κ2) is 8.33. The van der Waals surface area contributed by atoms with E-state index in [1.165, 1.54) is 51.4 Å². The normalized spacial score (nSPS) is 21.2. The van der Waals surface area contributed by atoms with Crippen LogP contribution in [0.25, 0.3) is 11.3 Å². The van der Waals surface area contributed by atoms with Crippen molar-refractivity contribution in [2.75, 3.05) is 19.6 Å². The Bertz CT molecular complexity index is 865. The monoisotopic (exact) mass is 413 g/mol. The lowest BCUT2D eigenvalue weighted by Crippen LogP contribution is -2.37. The van der Waals surface area contributed by atoms with E-state index in [1.54, 1.807) is 6.07 Å². The molecule has 1 aliphatic heterocycles. The number of piperidine rings is 1. The van der Waals surface area contributed by atoms with Crippen LogP contribution in [0.5, 0.6) is 0 Å². The van der Waals surface area contributed by atoms with Gasteiger partial charge in [-0.3, -0.25) is 0 Å². The van der Waals surface area contributed by atoms with Crippen molar-refractivity contribution in [2.45, 2.75) is 59.3 Å². The lowest BCUT2D eigenvalue weighted by Gasteiger charge is -2.34. The van der Waals surface area contributed by atoms with Crippen LogP contribution in [0.3, 0.4) is 0 Å². The van der Waals surface area contributed by atoms with E-state index in [1.807, 2.05) is 6.07 Å². The van der Waals surface area contributed by atoms with E-state index in [2.05, 4.69) is 35.9 Å². The topological polar surface area (TPSA) is 29.0 Å². The lowest BCUT2D eigenvalue weighted by atomic mass is 9.88. The minimum atomic E-state index is -0.479. The molecule has 1 aromatic heterocycles. The van der Waals surface area contributed by atoms with Gasteiger partial charge in [-0.1, -0.05) is 20.8 Å². The molecule has 0 bridgehead atoms. The number of aryl methyl sites for hydroxylation is 1. The van der Waals surface area contributed by atoms with Gasteiger partial charge >= 0.3 is 0 Å². The number of likely N-dealkylation sites (tertiary alicyclic amines) is 1. The minimum Gasteiger partial charge on any atom is -0.303 e. The molecule has 30 heavy (non-hydrogen) atoms. The quantitative estimate of drug-likeness (QED) is 0.591. The third-order valence-electron chi connectivity index (χ3n) is 7.06. The maximum absolute atomic E-state index is 13.9. The largest absolute Gasteiger partial charge is 0.303 e. The maximum atomic E-state index is 13.9. The predicted molar refractivity (Wildman–Crippen MR) is 116 cm³/mol. The van der Waals surface area contributed by atoms with E-state index in [4.69, 9.17) is 0 Å². The fourth-order valence-electron chi connectivity index (χ4n) is 4.82. The fourth-order valence-corrected chi connectivity index (χ4v) is 4.82. The first-order valence-electron chi connectivity index (χ1n) is 11.2. The van der Waals surface area contributed by atoms with Gasteiger partial charge in [0.1, 0.15) is 11.6 Å². The van der Waals surface area contributed by atoms with Crippen molar-refractivity contribution in [3.63, 3.8) is 0 Å². The molecule has 1 spiro atoms. The van der Waals surface area contributed by atoms with Crippen LogP contribution in [0.4, 0.5) is 8.78 Å². The molecule has 0 N–H and O–H groups in total. The molecule has 1 aliphatic carbocycles. The summed E-state index contributed by atoms with van der Waals surface area (Å²) in [4.78, 5) is 2.64. The maximum Gasteiger partial charge on any atom is 0.132 e. The van der Waals surface area contributed by atoms with Gasteiger partial charge in [-0.15, -0.1) is 0 Å². The van der Waals surface area contributed by atoms with Crippen LogP contribution in [-0.2, 0) is 6.42 Å². The molecule has 2 aromatic rings. The van der Waals surface area contributed by atoms with Crippen molar-refractivity contribution in [1.29, 1.82) is 0 Å². The second-order valence-electron chi connectivity index (χ2n) is 10.5. The van der Waals surface area contributed by atoms with E-state index in [9.17, 15) is 8.78 Å². The number of hydrogen-bond donors (Lipinski definition) is 0. The average Bonchev–Trinajstić information content (AvgIpc) is 3.39. The number of aromatic nitrogens is 2. The molecule has 0 radical (unpaired) electrons. The van der Waals surface area contributed by atoms with E-state index in [0.29, 0.717) is 16.5 Å². The fraction of sp³-hybridized carbons (Fsp3) is 0.600. The summed E-state index contributed by atoms with van der Waals surface area (Å²) in [6, 6.07) is 7.05. The number of rotatable bonds is 6. The number of nitrogens with zero attached hydrogens (tertiary/aromatic N) is 3. The van der Waals surface area contributed by atoms with Crippen molar-refractivity contribution in [2.24, 2.45) is 16.7 Å². The van der Waals surface area contributed by atoms with E-state index >= 15 is 0 Å². The predicted octanol–water partition coefficient (Wildman–Crippen LogP) is 5.89. The highest BCUT2D eigenvalue weighted by atomic mass is 19.1. The SMILES string of the molecule is CC(C)(C)CCN1CCC2(CC1)CC2CCc1ccc(-c2cc(F)ccc2F)nn1. The Morgan fingerprint density at radius 1 is 1.07 bits per heavy atom. The van der Waals surface area contributed by atoms with E-state index in [-0.39, 0.29) is 5.56 Å². The first kappa shape index (κ1) is 21.4. The van der Waals surface area contributed by atoms with Gasteiger partial charge in [-0.2, -0.15) is 10.2 Å². The first-order valence-corrected chi connectivity index (χ1v) is 11.2. The van der Waals surface area contributed by atoms with Gasteiger partial charge in [0.15, 0.2) is 0 Å². The van der Waals surface area contributed by atoms with Crippen LogP contribution in [0, 0.1) is 28.4 Å². The van der Waals surface area contributed by atoms with Gasteiger partial charge in [0.2, 0.25) is 0 Å². The van der Waals surface area contributed by atoms with Crippen molar-refractivity contribution in [1.82, 2.24) is 15.1 Å². The van der Waals surface area contributed by atoms with Gasteiger partial charge in [0, 0.05) is 5.56 Å². The molecule has 1 aromatic carbocycles. The molecule has 162 valence electrons. The second-order valence-corrected chi connectivity index (χ2v) is 10.5. The summed E-state index contributed by atoms with van der Waals surface area (Å²) in [6.45, 7) is 10.6. The van der Waals surface area contributed by atoms with Crippen molar-refractivity contribution < 1.29 is 8.78 Å². The Morgan fingerprint density at radius 2 is 1.83 bits per heavy atom. The smallest absolute Gasteiger partial charge is 0.132 e. The lowest BCUT2D eigenvalue weighted by molar-refractivity contribution is 0.145. The van der Waals surface area contributed by atoms with Gasteiger partial charge < -0.3 is 4.90 Å². The molecule has 1 saturated carbocycles. The van der Waals surface area contributed by atoms with Crippen molar-refractivity contribution in [3.05, 3.63) is 47.7 Å². The Labute approximate surface area is 178 Å². The van der Waals surface area contributed by atoms with Crippen LogP contribution >= 0.6 is 0 Å². The van der Waals surface area contributed by atoms with Gasteiger partial charge in [0.25, 0.3) is 0 Å². The molecule has 2 fully saturated rings. The van der Waals surface area contributed by atoms with Crippen LogP contribution in [0.1, 0.15) is 58.6 Å². The zero-order valence-electron chi connectivity index (χ0n) is 18.4. The summed E-state index contributed by atoms with van der Waals surface area (Å²) in [6.07, 6.45) is 7.30. The molecule has 1 unspecified atom stereocenters. The van der Waals surface area contributed by atoms with Crippen LogP contribution in [-0.4, -0.2) is 34.7 Å². The van der Waals surface area contributed by atoms with Gasteiger partial charge in [-0.25, -0.2) is 8.78 Å². The Morgan fingerprint density at radius 3 is 2.50 bits per heavy atom. The van der Waals surface area contributed by atoms with Crippen LogP contribution < -0.4 is 0 Å². The molecule has 2 heterocycles. The zero-order valence-corrected chi connectivity index (χ0v) is 18.4. The third-order valence-corrected chi connectivity index (χ3v) is 7.06. The molecule has 1 atom stereocenters. The highest BCUT2D eigenvalue weighted by Crippen LogP contribution is 2.61. The summed E-state index contributed by atoms with van der Waals surface area (Å²) >= 11 is 0. The third kappa shape index (κ3) is 5.05. The summed E-state index contributed by atoms with van der Waals surface area (Å²) in [5.74, 6) is -0.155. The molecular weight excluding hydrogens is 380 g/mol. The van der Waals surface area contributed by atoms with Crippen molar-refractivity contribution >= 4 is 0 Å². The average molecular weight is 414 g/mol. The standard InChI is InChI=1S/C25H33F2N3/c1-24(2,3)10-13-30-14-11-25(12-15-30)17-18(25)4-6-20-7-9-23(29-28-20)21-16-19(26)5-8-22(21)27/h5,7-9,16,18H,4,6,10-15,17H2,1-3H3. The molecule has 3 nitrogen and oxygen atoms in total. The molecule has 0 amide bonds. The highest BCUT2D eigenvalue weighted by molar-refractivity contribution is 5.59. The molecule has 2 aliphatic rings. The minimum absolute atomic E-state index is 0.161. The Kier molecular flexibility index (Phi) is 5.93. The number of hydrogen-bond acceptors (Lipinski definition) is 3. The summed E-state index contributed by atoms with van der Waals surface area (Å²) in [7, 11) is 0. The van der Waals surface area contributed by atoms with Gasteiger partial charge in [0.05, 0.1) is 11.4 Å². The summed E-state index contributed by atoms with van der Waals surface area (Å²) in [5, 5.41) is 8.41. The highest BCUT2D eigenvalue weighted by Gasteiger charge is 2.53. The first-order chi connectivity index (χ1) is 14.2. The van der Waals surface area contributed by atoms with Crippen LogP contribution in [0.2, 0.25) is 0 Å². The molecule has 5 heteroatoms. The van der Waals surface area contributed by atoms with E-state index in [0.717, 1.165) is 36.6 Å². The summed E-state index contributed by atoms with van der Waals surface area (Å²) in [5.41, 5.74) is 2.44. The summed E-state index contributed by atoms with van der Waals surface area (Å²) < 4.78 is 27.3. The number of benzene rings is 1. The van der Waals surface area contributed by atoms with Crippen LogP contribution in [0.15, 0.2) is 30.3 Å².